The van der Waals surface area contributed by atoms with Gasteiger partial charge in [-0.15, -0.1) is 0 Å². The number of hydrogen-bond donors (Lipinski definition) is 1. The molecule has 1 heterocycles. The van der Waals surface area contributed by atoms with Gasteiger partial charge in [0.15, 0.2) is 0 Å². The first-order valence-electron chi connectivity index (χ1n) is 11.4. The van der Waals surface area contributed by atoms with Gasteiger partial charge in [-0.05, 0) is 53.6 Å². The van der Waals surface area contributed by atoms with E-state index in [0.717, 1.165) is 17.5 Å². The molecule has 2 unspecified atom stereocenters. The van der Waals surface area contributed by atoms with Gasteiger partial charge in [0.2, 0.25) is 10.0 Å². The van der Waals surface area contributed by atoms with Crippen molar-refractivity contribution in [3.8, 4) is 0 Å². The maximum absolute atomic E-state index is 13.3. The fourth-order valence-electron chi connectivity index (χ4n) is 5.50. The van der Waals surface area contributed by atoms with Crippen molar-refractivity contribution < 1.29 is 22.7 Å². The Labute approximate surface area is 189 Å². The quantitative estimate of drug-likeness (QED) is 0.672. The summed E-state index contributed by atoms with van der Waals surface area (Å²) in [5, 5.41) is 9.20. The zero-order valence-corrected chi connectivity index (χ0v) is 18.9. The maximum Gasteiger partial charge on any atom is 0.307 e. The standard InChI is InChI=1S/C25H30FNO4S/c26-21-9-11-22(12-10-21)32(30,31)27-14-13-23(19-6-2-1-3-7-19)24(17-27)20-8-4-5-18(15-20)16-25(28)29/h4-5,8-12,15,19,23-24H,1-3,6-7,13-14,16-17H2,(H,28,29). The average Bonchev–Trinajstić information content (AvgIpc) is 2.79. The van der Waals surface area contributed by atoms with Crippen LogP contribution in [-0.2, 0) is 21.2 Å². The third-order valence-electron chi connectivity index (χ3n) is 7.07. The molecular formula is C25H30FNO4S. The van der Waals surface area contributed by atoms with Crippen molar-refractivity contribution in [2.75, 3.05) is 13.1 Å². The number of piperidine rings is 1. The van der Waals surface area contributed by atoms with E-state index in [-0.39, 0.29) is 17.2 Å². The van der Waals surface area contributed by atoms with Crippen LogP contribution in [0, 0.1) is 17.7 Å². The third-order valence-corrected chi connectivity index (χ3v) is 8.95. The van der Waals surface area contributed by atoms with Crippen molar-refractivity contribution in [3.05, 3.63) is 65.5 Å². The molecule has 1 aliphatic carbocycles. The zero-order valence-electron chi connectivity index (χ0n) is 18.1. The topological polar surface area (TPSA) is 74.7 Å². The Kier molecular flexibility index (Phi) is 6.96. The number of hydrogen-bond acceptors (Lipinski definition) is 3. The number of benzene rings is 2. The van der Waals surface area contributed by atoms with E-state index in [1.54, 1.807) is 0 Å². The highest BCUT2D eigenvalue weighted by Crippen LogP contribution is 2.44. The zero-order chi connectivity index (χ0) is 22.7. The Hall–Kier alpha value is -2.25. The molecule has 1 saturated carbocycles. The lowest BCUT2D eigenvalue weighted by atomic mass is 9.69. The van der Waals surface area contributed by atoms with Crippen LogP contribution in [0.25, 0.3) is 0 Å². The first kappa shape index (κ1) is 22.9. The molecule has 0 spiro atoms. The highest BCUT2D eigenvalue weighted by atomic mass is 32.2. The molecule has 2 atom stereocenters. The molecule has 1 saturated heterocycles. The van der Waals surface area contributed by atoms with Gasteiger partial charge in [-0.2, -0.15) is 4.31 Å². The Morgan fingerprint density at radius 1 is 1.03 bits per heavy atom. The molecule has 5 nitrogen and oxygen atoms in total. The van der Waals surface area contributed by atoms with Gasteiger partial charge in [0.05, 0.1) is 11.3 Å². The molecule has 0 radical (unpaired) electrons. The largest absolute Gasteiger partial charge is 0.481 e. The van der Waals surface area contributed by atoms with E-state index in [4.69, 9.17) is 0 Å². The van der Waals surface area contributed by atoms with Crippen molar-refractivity contribution in [2.45, 2.75) is 55.8 Å². The number of carboxylic acid groups (broad SMARTS) is 1. The number of carboxylic acids is 1. The third kappa shape index (κ3) is 5.04. The van der Waals surface area contributed by atoms with E-state index in [1.807, 2.05) is 24.3 Å². The fraction of sp³-hybridized carbons (Fsp3) is 0.480. The first-order valence-corrected chi connectivity index (χ1v) is 12.8. The molecule has 4 rings (SSSR count). The van der Waals surface area contributed by atoms with Gasteiger partial charge in [-0.25, -0.2) is 12.8 Å². The summed E-state index contributed by atoms with van der Waals surface area (Å²) in [6.07, 6.45) is 6.74. The molecular weight excluding hydrogens is 429 g/mol. The number of nitrogens with zero attached hydrogens (tertiary/aromatic N) is 1. The van der Waals surface area contributed by atoms with Gasteiger partial charge in [-0.3, -0.25) is 4.79 Å². The van der Waals surface area contributed by atoms with E-state index in [9.17, 15) is 22.7 Å². The number of halogens is 1. The lowest BCUT2D eigenvalue weighted by Gasteiger charge is -2.43. The number of sulfonamides is 1. The van der Waals surface area contributed by atoms with E-state index in [0.29, 0.717) is 24.9 Å². The molecule has 0 aromatic heterocycles. The summed E-state index contributed by atoms with van der Waals surface area (Å²) in [7, 11) is -3.73. The van der Waals surface area contributed by atoms with Crippen LogP contribution in [0.1, 0.15) is 55.6 Å². The minimum absolute atomic E-state index is 0.0100. The molecule has 0 bridgehead atoms. The minimum Gasteiger partial charge on any atom is -0.481 e. The van der Waals surface area contributed by atoms with Gasteiger partial charge in [0.25, 0.3) is 0 Å². The summed E-state index contributed by atoms with van der Waals surface area (Å²) in [6, 6.07) is 12.6. The molecule has 1 aliphatic heterocycles. The molecule has 32 heavy (non-hydrogen) atoms. The first-order chi connectivity index (χ1) is 15.3. The number of rotatable bonds is 6. The molecule has 1 N–H and O–H groups in total. The van der Waals surface area contributed by atoms with Crippen molar-refractivity contribution in [1.82, 2.24) is 4.31 Å². The molecule has 2 aromatic rings. The van der Waals surface area contributed by atoms with Crippen LogP contribution in [-0.4, -0.2) is 36.9 Å². The van der Waals surface area contributed by atoms with Crippen LogP contribution in [0.4, 0.5) is 4.39 Å². The fourth-order valence-corrected chi connectivity index (χ4v) is 6.98. The highest BCUT2D eigenvalue weighted by molar-refractivity contribution is 7.89. The Bertz CT molecular complexity index is 1050. The number of carbonyl (C=O) groups is 1. The lowest BCUT2D eigenvalue weighted by Crippen LogP contribution is -2.44. The van der Waals surface area contributed by atoms with E-state index in [2.05, 4.69) is 0 Å². The van der Waals surface area contributed by atoms with Gasteiger partial charge >= 0.3 is 5.97 Å². The van der Waals surface area contributed by atoms with Gasteiger partial charge in [0, 0.05) is 19.0 Å². The van der Waals surface area contributed by atoms with Gasteiger partial charge in [0.1, 0.15) is 5.82 Å². The SMILES string of the molecule is O=C(O)Cc1cccc(C2CN(S(=O)(=O)c3ccc(F)cc3)CCC2C2CCCCC2)c1. The minimum atomic E-state index is -3.73. The van der Waals surface area contributed by atoms with E-state index in [1.165, 1.54) is 60.7 Å². The summed E-state index contributed by atoms with van der Waals surface area (Å²) in [4.78, 5) is 11.3. The predicted octanol–water partition coefficient (Wildman–Crippen LogP) is 4.83. The summed E-state index contributed by atoms with van der Waals surface area (Å²) >= 11 is 0. The van der Waals surface area contributed by atoms with Crippen LogP contribution >= 0.6 is 0 Å². The van der Waals surface area contributed by atoms with Crippen molar-refractivity contribution in [2.24, 2.45) is 11.8 Å². The van der Waals surface area contributed by atoms with Crippen LogP contribution < -0.4 is 0 Å². The monoisotopic (exact) mass is 459 g/mol. The average molecular weight is 460 g/mol. The van der Waals surface area contributed by atoms with Crippen molar-refractivity contribution in [1.29, 1.82) is 0 Å². The molecule has 7 heteroatoms. The van der Waals surface area contributed by atoms with Crippen LogP contribution in [0.15, 0.2) is 53.4 Å². The van der Waals surface area contributed by atoms with E-state index >= 15 is 0 Å². The summed E-state index contributed by atoms with van der Waals surface area (Å²) in [5.41, 5.74) is 1.74. The summed E-state index contributed by atoms with van der Waals surface area (Å²) < 4.78 is 41.5. The van der Waals surface area contributed by atoms with Crippen LogP contribution in [0.2, 0.25) is 0 Å². The lowest BCUT2D eigenvalue weighted by molar-refractivity contribution is -0.136. The van der Waals surface area contributed by atoms with Crippen molar-refractivity contribution in [3.63, 3.8) is 0 Å². The Morgan fingerprint density at radius 2 is 1.75 bits per heavy atom. The van der Waals surface area contributed by atoms with Crippen LogP contribution in [0.3, 0.4) is 0 Å². The second-order valence-electron chi connectivity index (χ2n) is 9.09. The molecule has 172 valence electrons. The summed E-state index contributed by atoms with van der Waals surface area (Å²) in [5.74, 6) is -0.401. The predicted molar refractivity (Wildman–Crippen MR) is 120 cm³/mol. The van der Waals surface area contributed by atoms with Gasteiger partial charge in [-0.1, -0.05) is 56.4 Å². The normalized spacial score (nSPS) is 23.2. The smallest absolute Gasteiger partial charge is 0.307 e. The maximum atomic E-state index is 13.3. The summed E-state index contributed by atoms with van der Waals surface area (Å²) in [6.45, 7) is 0.809. The highest BCUT2D eigenvalue weighted by Gasteiger charge is 2.39. The molecule has 2 aliphatic rings. The van der Waals surface area contributed by atoms with Gasteiger partial charge < -0.3 is 5.11 Å². The van der Waals surface area contributed by atoms with E-state index < -0.39 is 21.8 Å². The second kappa shape index (κ2) is 9.71. The Morgan fingerprint density at radius 3 is 2.44 bits per heavy atom. The number of aliphatic carboxylic acids is 1. The molecule has 2 fully saturated rings. The molecule has 2 aromatic carbocycles. The van der Waals surface area contributed by atoms with Crippen molar-refractivity contribution >= 4 is 16.0 Å². The van der Waals surface area contributed by atoms with Crippen LogP contribution in [0.5, 0.6) is 0 Å². The molecule has 0 amide bonds. The Balaban J connectivity index is 1.65. The second-order valence-corrected chi connectivity index (χ2v) is 11.0.